The molecule has 0 saturated carbocycles. The molecule has 18 heavy (non-hydrogen) atoms. The number of carboxylic acid groups (broad SMARTS) is 2. The summed E-state index contributed by atoms with van der Waals surface area (Å²) in [4.78, 5) is 18.0. The zero-order valence-corrected chi connectivity index (χ0v) is 21.9. The first-order valence-electron chi connectivity index (χ1n) is 5.54. The topological polar surface area (TPSA) is 93.1 Å². The van der Waals surface area contributed by atoms with Gasteiger partial charge in [-0.2, -0.15) is 0 Å². The fourth-order valence-electron chi connectivity index (χ4n) is 0.984. The summed E-state index contributed by atoms with van der Waals surface area (Å²) in [5.41, 5.74) is 0. The Balaban J connectivity index is 0. The van der Waals surface area contributed by atoms with Crippen molar-refractivity contribution in [2.75, 3.05) is 13.2 Å². The SMILES string of the molecule is CC(=O)O.CC(=O)O.[Hg][CH2]C1COCC([CH2][Hg])O1. The van der Waals surface area contributed by atoms with E-state index in [4.69, 9.17) is 29.3 Å². The second-order valence-corrected chi connectivity index (χ2v) is 8.02. The van der Waals surface area contributed by atoms with Gasteiger partial charge in [-0.3, -0.25) is 9.59 Å². The molecule has 6 nitrogen and oxygen atoms in total. The van der Waals surface area contributed by atoms with Crippen LogP contribution in [0.2, 0.25) is 7.86 Å². The van der Waals surface area contributed by atoms with E-state index in [0.717, 1.165) is 79.3 Å². The number of ether oxygens (including phenoxy) is 2. The molecule has 0 aromatic carbocycles. The van der Waals surface area contributed by atoms with Crippen LogP contribution >= 0.6 is 0 Å². The van der Waals surface area contributed by atoms with E-state index in [1.165, 1.54) is 7.86 Å². The third-order valence-electron chi connectivity index (χ3n) is 1.64. The molecule has 0 aliphatic carbocycles. The maximum atomic E-state index is 9.00. The molecule has 0 bridgehead atoms. The zero-order valence-electron chi connectivity index (χ0n) is 10.9. The van der Waals surface area contributed by atoms with Gasteiger partial charge in [-0.05, 0) is 0 Å². The van der Waals surface area contributed by atoms with Crippen molar-refractivity contribution in [2.45, 2.75) is 33.9 Å². The summed E-state index contributed by atoms with van der Waals surface area (Å²) < 4.78 is 13.7. The molecule has 1 aliphatic rings. The second-order valence-electron chi connectivity index (χ2n) is 3.53. The molecule has 0 aromatic rings. The van der Waals surface area contributed by atoms with Crippen molar-refractivity contribution in [3.05, 3.63) is 0 Å². The predicted molar refractivity (Wildman–Crippen MR) is 55.7 cm³/mol. The zero-order chi connectivity index (χ0) is 14.6. The molecule has 8 heteroatoms. The molecule has 0 amide bonds. The van der Waals surface area contributed by atoms with E-state index in [2.05, 4.69) is 0 Å². The van der Waals surface area contributed by atoms with Crippen molar-refractivity contribution in [3.8, 4) is 0 Å². The predicted octanol–water partition coefficient (Wildman–Crippen LogP) is 0.882. The molecule has 1 saturated heterocycles. The Morgan fingerprint density at radius 1 is 1.06 bits per heavy atom. The first-order chi connectivity index (χ1) is 8.33. The fourth-order valence-corrected chi connectivity index (χ4v) is 3.34. The van der Waals surface area contributed by atoms with Crippen LogP contribution in [0.4, 0.5) is 0 Å². The molecule has 1 heterocycles. The monoisotopic (exact) mass is 638 g/mol. The average molecular weight is 635 g/mol. The Morgan fingerprint density at radius 2 is 1.33 bits per heavy atom. The van der Waals surface area contributed by atoms with Crippen LogP contribution in [0.15, 0.2) is 0 Å². The Bertz CT molecular complexity index is 206. The van der Waals surface area contributed by atoms with Gasteiger partial charge in [0.05, 0.1) is 0 Å². The van der Waals surface area contributed by atoms with Gasteiger partial charge in [-0.15, -0.1) is 0 Å². The number of carboxylic acids is 2. The van der Waals surface area contributed by atoms with Crippen LogP contribution in [0.25, 0.3) is 0 Å². The van der Waals surface area contributed by atoms with Gasteiger partial charge in [-0.1, -0.05) is 0 Å². The van der Waals surface area contributed by atoms with Crippen molar-refractivity contribution in [2.24, 2.45) is 0 Å². The van der Waals surface area contributed by atoms with Crippen molar-refractivity contribution in [3.63, 3.8) is 0 Å². The summed E-state index contributed by atoms with van der Waals surface area (Å²) in [5.74, 6) is -1.67. The van der Waals surface area contributed by atoms with E-state index in [0.29, 0.717) is 12.2 Å². The van der Waals surface area contributed by atoms with Gasteiger partial charge < -0.3 is 10.2 Å². The average Bonchev–Trinajstić information content (AvgIpc) is 2.27. The summed E-state index contributed by atoms with van der Waals surface area (Å²) in [5, 5.41) is 14.8. The van der Waals surface area contributed by atoms with Crippen LogP contribution in [0, 0.1) is 0 Å². The third kappa shape index (κ3) is 19.1. The number of hydrogen-bond acceptors (Lipinski definition) is 4. The van der Waals surface area contributed by atoms with Crippen molar-refractivity contribution >= 4 is 11.9 Å². The van der Waals surface area contributed by atoms with Crippen molar-refractivity contribution in [1.29, 1.82) is 0 Å². The summed E-state index contributed by atoms with van der Waals surface area (Å²) >= 11 is 1.74. The summed E-state index contributed by atoms with van der Waals surface area (Å²) in [6.07, 6.45) is 0.927. The molecular formula is C10H18Hg2O6. The van der Waals surface area contributed by atoms with Crippen LogP contribution in [0.5, 0.6) is 0 Å². The first-order valence-corrected chi connectivity index (χ1v) is 13.3. The van der Waals surface area contributed by atoms with Crippen molar-refractivity contribution < 1.29 is 81.5 Å². The first kappa shape index (κ1) is 21.0. The summed E-state index contributed by atoms with van der Waals surface area (Å²) in [6.45, 7) is 3.88. The number of aliphatic carboxylic acids is 2. The molecule has 1 fully saturated rings. The molecule has 2 atom stereocenters. The van der Waals surface area contributed by atoms with Crippen LogP contribution in [0.3, 0.4) is 0 Å². The van der Waals surface area contributed by atoms with E-state index in [-0.39, 0.29) is 0 Å². The molecular weight excluding hydrogens is 617 g/mol. The summed E-state index contributed by atoms with van der Waals surface area (Å²) in [6, 6.07) is 0. The third-order valence-corrected chi connectivity index (χ3v) is 6.64. The molecule has 2 unspecified atom stereocenters. The fraction of sp³-hybridized carbons (Fsp3) is 0.800. The van der Waals surface area contributed by atoms with E-state index in [1.54, 1.807) is 0 Å². The minimum atomic E-state index is -0.833. The van der Waals surface area contributed by atoms with Gasteiger partial charge in [0.2, 0.25) is 0 Å². The van der Waals surface area contributed by atoms with Crippen LogP contribution < -0.4 is 0 Å². The second kappa shape index (κ2) is 14.1. The number of hydrogen-bond donors (Lipinski definition) is 2. The van der Waals surface area contributed by atoms with E-state index >= 15 is 0 Å². The quantitative estimate of drug-likeness (QED) is 0.439. The van der Waals surface area contributed by atoms with Gasteiger partial charge in [-0.25, -0.2) is 0 Å². The number of rotatable bonds is 2. The van der Waals surface area contributed by atoms with Gasteiger partial charge in [0.25, 0.3) is 11.9 Å². The Hall–Kier alpha value is 0.730. The van der Waals surface area contributed by atoms with Gasteiger partial charge in [0.1, 0.15) is 0 Å². The van der Waals surface area contributed by atoms with E-state index < -0.39 is 11.9 Å². The molecule has 0 spiro atoms. The summed E-state index contributed by atoms with van der Waals surface area (Å²) in [7, 11) is 0. The van der Waals surface area contributed by atoms with Gasteiger partial charge in [0.15, 0.2) is 0 Å². The Morgan fingerprint density at radius 3 is 1.56 bits per heavy atom. The normalized spacial score (nSPS) is 21.9. The van der Waals surface area contributed by atoms with Gasteiger partial charge in [0, 0.05) is 13.8 Å². The minimum absolute atomic E-state index is 0.464. The van der Waals surface area contributed by atoms with E-state index in [9.17, 15) is 0 Å². The van der Waals surface area contributed by atoms with Gasteiger partial charge >= 0.3 is 95.0 Å². The molecule has 0 aromatic heterocycles. The standard InChI is InChI=1S/C6H10O2.2C2H4O2.2Hg/c1-5-3-7-4-6(2)8-5;2*1-2(3)4;;/h5-6H,1-4H2;2*1H3,(H,3,4);;. The van der Waals surface area contributed by atoms with Crippen molar-refractivity contribution in [1.82, 2.24) is 0 Å². The Labute approximate surface area is 139 Å². The van der Waals surface area contributed by atoms with Crippen LogP contribution in [-0.2, 0) is 71.3 Å². The number of carbonyl (C=O) groups is 2. The van der Waals surface area contributed by atoms with Crippen LogP contribution in [0.1, 0.15) is 13.8 Å². The molecule has 0 radical (unpaired) electrons. The molecule has 1 rings (SSSR count). The molecule has 2 N–H and O–H groups in total. The molecule has 1 aliphatic heterocycles. The Kier molecular flexibility index (Phi) is 16.5. The van der Waals surface area contributed by atoms with Crippen LogP contribution in [-0.4, -0.2) is 47.6 Å². The maximum absolute atomic E-state index is 9.00. The molecule has 98 valence electrons. The van der Waals surface area contributed by atoms with E-state index in [1.807, 2.05) is 0 Å².